The van der Waals surface area contributed by atoms with Crippen LogP contribution < -0.4 is 0 Å². The van der Waals surface area contributed by atoms with Crippen molar-refractivity contribution in [3.8, 4) is 24.3 Å². The Balaban J connectivity index is 1.39. The van der Waals surface area contributed by atoms with Crippen molar-refractivity contribution in [3.63, 3.8) is 0 Å². The molecule has 3 aliphatic carbocycles. The van der Waals surface area contributed by atoms with Gasteiger partial charge in [-0.15, -0.1) is 0 Å². The van der Waals surface area contributed by atoms with E-state index in [9.17, 15) is 30.6 Å². The number of hydrogen-bond acceptors (Lipinski definition) is 6. The van der Waals surface area contributed by atoms with E-state index in [1.54, 1.807) is 48.5 Å². The molecule has 2 aromatic rings. The fourth-order valence-corrected chi connectivity index (χ4v) is 6.11. The van der Waals surface area contributed by atoms with Crippen LogP contribution in [0.5, 0.6) is 0 Å². The first-order chi connectivity index (χ1) is 19.5. The second kappa shape index (κ2) is 11.2. The Morgan fingerprint density at radius 3 is 1.23 bits per heavy atom. The Kier molecular flexibility index (Phi) is 7.37. The van der Waals surface area contributed by atoms with Crippen molar-refractivity contribution in [2.24, 2.45) is 11.8 Å². The van der Waals surface area contributed by atoms with Crippen LogP contribution in [0.2, 0.25) is 0 Å². The van der Waals surface area contributed by atoms with Crippen LogP contribution in [0.1, 0.15) is 70.4 Å². The van der Waals surface area contributed by atoms with Crippen LogP contribution in [0.15, 0.2) is 83.0 Å². The largest absolute Gasteiger partial charge is 0.289 e. The van der Waals surface area contributed by atoms with Crippen LogP contribution in [0.25, 0.3) is 11.1 Å². The van der Waals surface area contributed by atoms with Gasteiger partial charge in [0.1, 0.15) is 35.4 Å². The van der Waals surface area contributed by atoms with E-state index in [1.165, 1.54) is 0 Å². The maximum Gasteiger partial charge on any atom is 0.194 e. The number of Topliss-reactive ketones (excluding diaryl/α,β-unsaturated/α-hetero) is 2. The van der Waals surface area contributed by atoms with Crippen LogP contribution >= 0.6 is 0 Å². The van der Waals surface area contributed by atoms with E-state index in [1.807, 2.05) is 36.4 Å². The van der Waals surface area contributed by atoms with Crippen molar-refractivity contribution in [2.45, 2.75) is 38.5 Å². The molecule has 1 saturated carbocycles. The molecule has 6 heteroatoms. The van der Waals surface area contributed by atoms with E-state index < -0.39 is 0 Å². The zero-order chi connectivity index (χ0) is 28.2. The van der Waals surface area contributed by atoms with E-state index in [2.05, 4.69) is 0 Å². The van der Waals surface area contributed by atoms with E-state index in [0.29, 0.717) is 44.5 Å². The number of carbonyl (C=O) groups is 2. The van der Waals surface area contributed by atoms with Gasteiger partial charge in [-0.1, -0.05) is 73.5 Å². The Morgan fingerprint density at radius 1 is 0.575 bits per heavy atom. The number of benzene rings is 2. The summed E-state index contributed by atoms with van der Waals surface area (Å²) in [5, 5.41) is 38.3. The molecule has 5 rings (SSSR count). The van der Waals surface area contributed by atoms with E-state index in [4.69, 9.17) is 0 Å². The summed E-state index contributed by atoms with van der Waals surface area (Å²) in [4.78, 5) is 26.5. The first kappa shape index (κ1) is 26.3. The zero-order valence-electron chi connectivity index (χ0n) is 21.8. The van der Waals surface area contributed by atoms with Crippen molar-refractivity contribution in [1.82, 2.24) is 0 Å². The van der Waals surface area contributed by atoms with E-state index in [-0.39, 0.29) is 34.5 Å². The highest BCUT2D eigenvalue weighted by molar-refractivity contribution is 6.28. The summed E-state index contributed by atoms with van der Waals surface area (Å²) in [6.45, 7) is 0. The van der Waals surface area contributed by atoms with Crippen molar-refractivity contribution >= 4 is 22.7 Å². The first-order valence-electron chi connectivity index (χ1n) is 13.3. The predicted molar refractivity (Wildman–Crippen MR) is 149 cm³/mol. The SMILES string of the molecule is N#CC(C#N)=C1/C(=C/C2CCCC(/C=C3/C(=O)c4ccccc4C3=C(C#N)C#N)CCC2)C(=O)c2ccccc21. The molecule has 0 spiro atoms. The minimum absolute atomic E-state index is 0.0534. The molecular formula is C34H24N4O2. The molecule has 0 aromatic heterocycles. The molecule has 0 unspecified atom stereocenters. The summed E-state index contributed by atoms with van der Waals surface area (Å²) in [5.41, 5.74) is 3.93. The number of fused-ring (bicyclic) bond motifs is 2. The number of carbonyl (C=O) groups excluding carboxylic acids is 2. The van der Waals surface area contributed by atoms with Gasteiger partial charge in [0.2, 0.25) is 0 Å². The number of rotatable bonds is 2. The van der Waals surface area contributed by atoms with Crippen LogP contribution in [0.3, 0.4) is 0 Å². The smallest absolute Gasteiger partial charge is 0.194 e. The molecule has 0 aliphatic heterocycles. The number of nitriles is 4. The molecule has 3 aliphatic rings. The van der Waals surface area contributed by atoms with Crippen molar-refractivity contribution in [1.29, 1.82) is 21.0 Å². The van der Waals surface area contributed by atoms with Crippen LogP contribution in [0.4, 0.5) is 0 Å². The van der Waals surface area contributed by atoms with Gasteiger partial charge in [-0.2, -0.15) is 21.0 Å². The van der Waals surface area contributed by atoms with Crippen LogP contribution in [-0.4, -0.2) is 11.6 Å². The van der Waals surface area contributed by atoms with Crippen LogP contribution in [-0.2, 0) is 0 Å². The summed E-state index contributed by atoms with van der Waals surface area (Å²) in [6, 6.07) is 22.0. The third kappa shape index (κ3) is 4.58. The molecule has 0 radical (unpaired) electrons. The summed E-state index contributed by atoms with van der Waals surface area (Å²) in [7, 11) is 0. The van der Waals surface area contributed by atoms with Crippen molar-refractivity contribution in [3.05, 3.63) is 105 Å². The number of nitrogens with zero attached hydrogens (tertiary/aromatic N) is 4. The van der Waals surface area contributed by atoms with Gasteiger partial charge in [0.15, 0.2) is 11.6 Å². The van der Waals surface area contributed by atoms with E-state index in [0.717, 1.165) is 38.5 Å². The highest BCUT2D eigenvalue weighted by Crippen LogP contribution is 2.42. The maximum atomic E-state index is 13.3. The molecule has 0 atom stereocenters. The lowest BCUT2D eigenvalue weighted by molar-refractivity contribution is 0.103. The fraction of sp³-hybridized carbons (Fsp3) is 0.235. The normalized spacial score (nSPS) is 21.9. The van der Waals surface area contributed by atoms with E-state index >= 15 is 0 Å². The topological polar surface area (TPSA) is 129 Å². The number of hydrogen-bond donors (Lipinski definition) is 0. The van der Waals surface area contributed by atoms with Gasteiger partial charge in [0.25, 0.3) is 0 Å². The second-order valence-electron chi connectivity index (χ2n) is 10.2. The maximum absolute atomic E-state index is 13.3. The Morgan fingerprint density at radius 2 is 0.900 bits per heavy atom. The zero-order valence-corrected chi connectivity index (χ0v) is 21.8. The highest BCUT2D eigenvalue weighted by atomic mass is 16.1. The van der Waals surface area contributed by atoms with Gasteiger partial charge in [-0.3, -0.25) is 9.59 Å². The average molecular weight is 521 g/mol. The molecule has 1 fully saturated rings. The summed E-state index contributed by atoms with van der Waals surface area (Å²) < 4.78 is 0. The minimum atomic E-state index is -0.150. The molecule has 0 N–H and O–H groups in total. The molecule has 0 amide bonds. The van der Waals surface area contributed by atoms with Crippen molar-refractivity contribution < 1.29 is 9.59 Å². The second-order valence-corrected chi connectivity index (χ2v) is 10.2. The van der Waals surface area contributed by atoms with Gasteiger partial charge in [-0.25, -0.2) is 0 Å². The monoisotopic (exact) mass is 520 g/mol. The lowest BCUT2D eigenvalue weighted by atomic mass is 9.83. The predicted octanol–water partition coefficient (Wildman–Crippen LogP) is 6.82. The third-order valence-corrected chi connectivity index (χ3v) is 7.96. The quantitative estimate of drug-likeness (QED) is 0.315. The fourth-order valence-electron chi connectivity index (χ4n) is 6.11. The molecule has 6 nitrogen and oxygen atoms in total. The molecular weight excluding hydrogens is 496 g/mol. The summed E-state index contributed by atoms with van der Waals surface area (Å²) in [5.74, 6) is -0.0652. The molecule has 0 saturated heterocycles. The Labute approximate surface area is 233 Å². The lowest BCUT2D eigenvalue weighted by Gasteiger charge is -2.22. The molecule has 192 valence electrons. The molecule has 2 aromatic carbocycles. The third-order valence-electron chi connectivity index (χ3n) is 7.96. The number of ketones is 2. The molecule has 0 bridgehead atoms. The Bertz CT molecular complexity index is 1570. The lowest BCUT2D eigenvalue weighted by Crippen LogP contribution is -2.10. The van der Waals surface area contributed by atoms with Crippen molar-refractivity contribution in [2.75, 3.05) is 0 Å². The first-order valence-corrected chi connectivity index (χ1v) is 13.3. The van der Waals surface area contributed by atoms with Gasteiger partial charge in [0, 0.05) is 33.4 Å². The van der Waals surface area contributed by atoms with Crippen LogP contribution in [0, 0.1) is 57.2 Å². The summed E-state index contributed by atoms with van der Waals surface area (Å²) in [6.07, 6.45) is 8.93. The number of allylic oxidation sites excluding steroid dienone is 8. The minimum Gasteiger partial charge on any atom is -0.289 e. The average Bonchev–Trinajstić information content (AvgIpc) is 3.39. The standard InChI is InChI=1S/C34H24N4O2/c35-17-23(18-36)31-25-11-1-3-13-27(25)33(39)29(31)15-21-7-5-9-22(10-6-8-21)16-30-32(24(19-37)20-38)26-12-2-4-14-28(26)34(30)40/h1-4,11-16,21-22H,5-10H2/b29-15-,30-16+. The molecule has 0 heterocycles. The van der Waals surface area contributed by atoms with Gasteiger partial charge < -0.3 is 0 Å². The Hall–Kier alpha value is -5.30. The highest BCUT2D eigenvalue weighted by Gasteiger charge is 2.34. The van der Waals surface area contributed by atoms with Gasteiger partial charge in [-0.05, 0) is 48.6 Å². The molecule has 40 heavy (non-hydrogen) atoms. The van der Waals surface area contributed by atoms with Gasteiger partial charge in [0.05, 0.1) is 0 Å². The summed E-state index contributed by atoms with van der Waals surface area (Å²) >= 11 is 0. The van der Waals surface area contributed by atoms with Gasteiger partial charge >= 0.3 is 0 Å².